The van der Waals surface area contributed by atoms with Gasteiger partial charge in [-0.05, 0) is 48.5 Å². The highest BCUT2D eigenvalue weighted by Crippen LogP contribution is 2.16. The van der Waals surface area contributed by atoms with E-state index in [1.165, 1.54) is 7.11 Å². The summed E-state index contributed by atoms with van der Waals surface area (Å²) in [4.78, 5) is 29.4. The number of carbonyl (C=O) groups is 2. The quantitative estimate of drug-likeness (QED) is 0.454. The third-order valence-corrected chi connectivity index (χ3v) is 3.61. The van der Waals surface area contributed by atoms with E-state index in [4.69, 9.17) is 23.2 Å². The van der Waals surface area contributed by atoms with Crippen molar-refractivity contribution in [1.29, 1.82) is 0 Å². The lowest BCUT2D eigenvalue weighted by molar-refractivity contribution is -0.126. The minimum Gasteiger partial charge on any atom is -0.399 e. The topological polar surface area (TPSA) is 79.8 Å². The molecule has 0 spiro atoms. The number of hydrogen-bond donors (Lipinski definition) is 2. The van der Waals surface area contributed by atoms with Crippen molar-refractivity contribution in [2.75, 3.05) is 17.7 Å². The Bertz CT molecular complexity index is 702. The van der Waals surface area contributed by atoms with E-state index in [-0.39, 0.29) is 0 Å². The first kappa shape index (κ1) is 18.8. The molecule has 0 aliphatic heterocycles. The van der Waals surface area contributed by atoms with Gasteiger partial charge in [-0.3, -0.25) is 9.59 Å². The fraction of sp³-hybridized carbons (Fsp3) is 0.118. The van der Waals surface area contributed by atoms with Gasteiger partial charge >= 0.3 is 0 Å². The number of halogens is 2. The van der Waals surface area contributed by atoms with Crippen molar-refractivity contribution in [3.05, 3.63) is 58.6 Å². The van der Waals surface area contributed by atoms with E-state index in [9.17, 15) is 9.59 Å². The smallest absolute Gasteiger partial charge is 0.242 e. The van der Waals surface area contributed by atoms with Crippen LogP contribution in [-0.4, -0.2) is 25.1 Å². The highest BCUT2D eigenvalue weighted by atomic mass is 35.5. The summed E-state index contributed by atoms with van der Waals surface area (Å²) in [5.41, 5.74) is 1.01. The second kappa shape index (κ2) is 9.05. The van der Waals surface area contributed by atoms with E-state index in [0.717, 1.165) is 6.21 Å². The molecule has 2 rings (SSSR count). The maximum atomic E-state index is 12.4. The zero-order valence-corrected chi connectivity index (χ0v) is 14.7. The van der Waals surface area contributed by atoms with Gasteiger partial charge in [0.05, 0.1) is 6.21 Å². The van der Waals surface area contributed by atoms with Gasteiger partial charge in [0.15, 0.2) is 5.92 Å². The lowest BCUT2D eigenvalue weighted by Gasteiger charge is -2.13. The number of benzene rings is 2. The molecule has 2 aromatic carbocycles. The molecular formula is C17H15Cl2N3O3. The largest absolute Gasteiger partial charge is 0.399 e. The van der Waals surface area contributed by atoms with Gasteiger partial charge in [0.2, 0.25) is 11.8 Å². The molecule has 0 fully saturated rings. The van der Waals surface area contributed by atoms with Crippen LogP contribution in [-0.2, 0) is 14.4 Å². The lowest BCUT2D eigenvalue weighted by Crippen LogP contribution is -2.35. The molecule has 130 valence electrons. The number of nitrogens with one attached hydrogen (secondary N) is 2. The van der Waals surface area contributed by atoms with Crippen LogP contribution < -0.4 is 10.6 Å². The summed E-state index contributed by atoms with van der Waals surface area (Å²) in [6.07, 6.45) is 1.12. The molecule has 0 heterocycles. The molecule has 0 saturated carbocycles. The maximum absolute atomic E-state index is 12.4. The van der Waals surface area contributed by atoms with Crippen molar-refractivity contribution in [2.24, 2.45) is 11.1 Å². The van der Waals surface area contributed by atoms with Crippen LogP contribution in [0, 0.1) is 5.92 Å². The minimum atomic E-state index is -1.19. The van der Waals surface area contributed by atoms with Crippen LogP contribution in [0.5, 0.6) is 0 Å². The van der Waals surface area contributed by atoms with Crippen LogP contribution in [0.3, 0.4) is 0 Å². The van der Waals surface area contributed by atoms with Gasteiger partial charge < -0.3 is 15.5 Å². The molecule has 0 aliphatic rings. The molecule has 0 aliphatic carbocycles. The second-order valence-corrected chi connectivity index (χ2v) is 5.78. The number of oxime groups is 1. The number of rotatable bonds is 6. The van der Waals surface area contributed by atoms with E-state index in [1.807, 2.05) is 0 Å². The molecule has 2 N–H and O–H groups in total. The molecule has 6 nitrogen and oxygen atoms in total. The molecule has 25 heavy (non-hydrogen) atoms. The predicted octanol–water partition coefficient (Wildman–Crippen LogP) is 3.82. The highest BCUT2D eigenvalue weighted by molar-refractivity contribution is 6.31. The Kier molecular flexibility index (Phi) is 6.80. The zero-order chi connectivity index (χ0) is 18.2. The van der Waals surface area contributed by atoms with Gasteiger partial charge in [-0.1, -0.05) is 28.4 Å². The number of carbonyl (C=O) groups excluding carboxylic acids is 2. The van der Waals surface area contributed by atoms with Gasteiger partial charge in [0.25, 0.3) is 0 Å². The van der Waals surface area contributed by atoms with E-state index in [0.29, 0.717) is 21.4 Å². The van der Waals surface area contributed by atoms with Crippen molar-refractivity contribution < 1.29 is 14.4 Å². The van der Waals surface area contributed by atoms with Crippen LogP contribution in [0.4, 0.5) is 11.4 Å². The third kappa shape index (κ3) is 5.77. The molecule has 0 radical (unpaired) electrons. The van der Waals surface area contributed by atoms with Gasteiger partial charge in [0, 0.05) is 21.4 Å². The summed E-state index contributed by atoms with van der Waals surface area (Å²) in [5, 5.41) is 9.87. The molecule has 0 atom stereocenters. The van der Waals surface area contributed by atoms with E-state index in [2.05, 4.69) is 20.6 Å². The first-order chi connectivity index (χ1) is 12.0. The van der Waals surface area contributed by atoms with Crippen LogP contribution in [0.25, 0.3) is 0 Å². The summed E-state index contributed by atoms with van der Waals surface area (Å²) < 4.78 is 0. The highest BCUT2D eigenvalue weighted by Gasteiger charge is 2.25. The molecule has 0 saturated heterocycles. The first-order valence-corrected chi connectivity index (χ1v) is 7.94. The average Bonchev–Trinajstić information content (AvgIpc) is 2.59. The van der Waals surface area contributed by atoms with Crippen molar-refractivity contribution in [2.45, 2.75) is 0 Å². The summed E-state index contributed by atoms with van der Waals surface area (Å²) in [6, 6.07) is 13.0. The van der Waals surface area contributed by atoms with E-state index >= 15 is 0 Å². The van der Waals surface area contributed by atoms with Gasteiger partial charge in [-0.15, -0.1) is 0 Å². The number of amides is 2. The normalized spacial score (nSPS) is 10.7. The molecule has 0 bridgehead atoms. The van der Waals surface area contributed by atoms with Crippen LogP contribution in [0.1, 0.15) is 0 Å². The van der Waals surface area contributed by atoms with Crippen LogP contribution in [0.15, 0.2) is 53.7 Å². The Hall–Kier alpha value is -2.57. The van der Waals surface area contributed by atoms with Gasteiger partial charge in [0.1, 0.15) is 7.11 Å². The standard InChI is InChI=1S/C17H15Cl2N3O3/c1-25-20-10-15(16(23)21-13-6-2-11(18)3-7-13)17(24)22-14-8-4-12(19)5-9-14/h2-10,15H,1H3,(H,21,23)(H,22,24)/b20-10-. The SMILES string of the molecule is CO/N=C\C(C(=O)Nc1ccc(Cl)cc1)C(=O)Nc1ccc(Cl)cc1. The Morgan fingerprint density at radius 2 is 1.32 bits per heavy atom. The first-order valence-electron chi connectivity index (χ1n) is 7.19. The summed E-state index contributed by atoms with van der Waals surface area (Å²) >= 11 is 11.6. The monoisotopic (exact) mass is 379 g/mol. The summed E-state index contributed by atoms with van der Waals surface area (Å²) in [7, 11) is 1.32. The minimum absolute atomic E-state index is 0.504. The van der Waals surface area contributed by atoms with Crippen molar-refractivity contribution >= 4 is 52.6 Å². The molecular weight excluding hydrogens is 365 g/mol. The Morgan fingerprint density at radius 1 is 0.920 bits per heavy atom. The number of anilines is 2. The van der Waals surface area contributed by atoms with Gasteiger partial charge in [-0.2, -0.15) is 0 Å². The summed E-state index contributed by atoms with van der Waals surface area (Å²) in [5.74, 6) is -2.31. The second-order valence-electron chi connectivity index (χ2n) is 4.91. The Balaban J connectivity index is 2.11. The molecule has 2 aromatic rings. The van der Waals surface area contributed by atoms with Crippen molar-refractivity contribution in [3.63, 3.8) is 0 Å². The number of hydrogen-bond acceptors (Lipinski definition) is 4. The Labute approximate surface area is 154 Å². The molecule has 8 heteroatoms. The molecule has 0 aromatic heterocycles. The van der Waals surface area contributed by atoms with Gasteiger partial charge in [-0.25, -0.2) is 0 Å². The van der Waals surface area contributed by atoms with Crippen LogP contribution >= 0.6 is 23.2 Å². The lowest BCUT2D eigenvalue weighted by atomic mass is 10.1. The van der Waals surface area contributed by atoms with Crippen molar-refractivity contribution in [1.82, 2.24) is 0 Å². The fourth-order valence-electron chi connectivity index (χ4n) is 1.88. The zero-order valence-electron chi connectivity index (χ0n) is 13.2. The third-order valence-electron chi connectivity index (χ3n) is 3.10. The maximum Gasteiger partial charge on any atom is 0.242 e. The summed E-state index contributed by atoms with van der Waals surface area (Å²) in [6.45, 7) is 0. The van der Waals surface area contributed by atoms with Crippen LogP contribution in [0.2, 0.25) is 10.0 Å². The van der Waals surface area contributed by atoms with Crippen molar-refractivity contribution in [3.8, 4) is 0 Å². The fourth-order valence-corrected chi connectivity index (χ4v) is 2.13. The molecule has 0 unspecified atom stereocenters. The molecule has 2 amide bonds. The van der Waals surface area contributed by atoms with E-state index < -0.39 is 17.7 Å². The van der Waals surface area contributed by atoms with E-state index in [1.54, 1.807) is 48.5 Å². The number of nitrogens with zero attached hydrogens (tertiary/aromatic N) is 1. The predicted molar refractivity (Wildman–Crippen MR) is 99.2 cm³/mol. The average molecular weight is 380 g/mol. The Morgan fingerprint density at radius 3 is 1.68 bits per heavy atom.